The van der Waals surface area contributed by atoms with Gasteiger partial charge < -0.3 is 20.3 Å². The first-order valence-corrected chi connectivity index (χ1v) is 7.63. The molecule has 1 heterocycles. The summed E-state index contributed by atoms with van der Waals surface area (Å²) in [4.78, 5) is 14.3. The number of ether oxygens (including phenoxy) is 1. The number of carbonyl (C=O) groups is 1. The van der Waals surface area contributed by atoms with Crippen molar-refractivity contribution in [2.24, 2.45) is 5.92 Å². The lowest BCUT2D eigenvalue weighted by Gasteiger charge is -2.29. The predicted octanol–water partition coefficient (Wildman–Crippen LogP) is 2.55. The zero-order valence-corrected chi connectivity index (χ0v) is 12.9. The lowest BCUT2D eigenvalue weighted by Crippen LogP contribution is -2.41. The number of piperidine rings is 1. The Morgan fingerprint density at radius 3 is 2.86 bits per heavy atom. The summed E-state index contributed by atoms with van der Waals surface area (Å²) < 4.78 is 5.17. The number of nitrogens with one attached hydrogen (secondary N) is 2. The smallest absolute Gasteiger partial charge is 0.321 e. The van der Waals surface area contributed by atoms with Gasteiger partial charge in [-0.05, 0) is 50.9 Å². The molecule has 0 bridgehead atoms. The van der Waals surface area contributed by atoms with Crippen LogP contribution in [0.3, 0.4) is 0 Å². The second-order valence-electron chi connectivity index (χ2n) is 5.39. The van der Waals surface area contributed by atoms with Crippen LogP contribution in [0.5, 0.6) is 5.75 Å². The first kappa shape index (κ1) is 15.6. The van der Waals surface area contributed by atoms with Crippen LogP contribution in [-0.2, 0) is 0 Å². The third-order valence-corrected chi connectivity index (χ3v) is 3.93. The van der Waals surface area contributed by atoms with E-state index in [0.29, 0.717) is 5.92 Å². The van der Waals surface area contributed by atoms with Crippen LogP contribution in [0.2, 0.25) is 0 Å². The van der Waals surface area contributed by atoms with Gasteiger partial charge >= 0.3 is 6.03 Å². The fraction of sp³-hybridized carbons (Fsp3) is 0.562. The first-order valence-electron chi connectivity index (χ1n) is 7.63. The number of benzene rings is 1. The lowest BCUT2D eigenvalue weighted by atomic mass is 9.98. The molecule has 1 aliphatic heterocycles. The van der Waals surface area contributed by atoms with Crippen molar-refractivity contribution in [2.75, 3.05) is 38.6 Å². The predicted molar refractivity (Wildman–Crippen MR) is 84.9 cm³/mol. The summed E-state index contributed by atoms with van der Waals surface area (Å²) in [5, 5.41) is 6.30. The molecule has 2 amide bonds. The van der Waals surface area contributed by atoms with Crippen LogP contribution in [0.1, 0.15) is 19.8 Å². The molecular formula is C16H25N3O2. The van der Waals surface area contributed by atoms with E-state index in [-0.39, 0.29) is 6.03 Å². The van der Waals surface area contributed by atoms with E-state index in [2.05, 4.69) is 10.6 Å². The largest absolute Gasteiger partial charge is 0.497 e. The van der Waals surface area contributed by atoms with Gasteiger partial charge in [-0.1, -0.05) is 6.07 Å². The highest BCUT2D eigenvalue weighted by Gasteiger charge is 2.19. The van der Waals surface area contributed by atoms with E-state index < -0.39 is 0 Å². The minimum atomic E-state index is -0.0377. The van der Waals surface area contributed by atoms with Crippen molar-refractivity contribution in [3.8, 4) is 5.75 Å². The van der Waals surface area contributed by atoms with Gasteiger partial charge in [-0.2, -0.15) is 0 Å². The van der Waals surface area contributed by atoms with Crippen LogP contribution in [0.25, 0.3) is 0 Å². The quantitative estimate of drug-likeness (QED) is 0.876. The Hall–Kier alpha value is -1.75. The fourth-order valence-corrected chi connectivity index (χ4v) is 2.63. The van der Waals surface area contributed by atoms with Crippen molar-refractivity contribution >= 4 is 11.7 Å². The van der Waals surface area contributed by atoms with Gasteiger partial charge in [-0.15, -0.1) is 0 Å². The molecule has 2 rings (SSSR count). The molecule has 1 aromatic rings. The maximum Gasteiger partial charge on any atom is 0.321 e. The zero-order chi connectivity index (χ0) is 15.1. The van der Waals surface area contributed by atoms with Gasteiger partial charge in [0, 0.05) is 24.8 Å². The maximum atomic E-state index is 12.4. The summed E-state index contributed by atoms with van der Waals surface area (Å²) >= 11 is 0. The fourth-order valence-electron chi connectivity index (χ4n) is 2.63. The summed E-state index contributed by atoms with van der Waals surface area (Å²) in [7, 11) is 1.62. The Kier molecular flexibility index (Phi) is 5.87. The normalized spacial score (nSPS) is 15.5. The van der Waals surface area contributed by atoms with Crippen LogP contribution in [0.15, 0.2) is 24.3 Å². The maximum absolute atomic E-state index is 12.4. The van der Waals surface area contributed by atoms with Gasteiger partial charge in [0.05, 0.1) is 7.11 Å². The molecular weight excluding hydrogens is 266 g/mol. The second kappa shape index (κ2) is 7.88. The molecule has 2 N–H and O–H groups in total. The van der Waals surface area contributed by atoms with Crippen LogP contribution in [0.4, 0.5) is 10.5 Å². The molecule has 0 spiro atoms. The Morgan fingerprint density at radius 2 is 2.19 bits per heavy atom. The highest BCUT2D eigenvalue weighted by molar-refractivity contribution is 5.89. The topological polar surface area (TPSA) is 53.6 Å². The number of nitrogens with zero attached hydrogens (tertiary/aromatic N) is 1. The number of urea groups is 1. The van der Waals surface area contributed by atoms with E-state index in [1.165, 1.54) is 0 Å². The summed E-state index contributed by atoms with van der Waals surface area (Å²) in [5.41, 5.74) is 0.767. The van der Waals surface area contributed by atoms with Crippen molar-refractivity contribution < 1.29 is 9.53 Å². The molecule has 0 unspecified atom stereocenters. The van der Waals surface area contributed by atoms with E-state index in [0.717, 1.165) is 50.5 Å². The monoisotopic (exact) mass is 291 g/mol. The molecule has 21 heavy (non-hydrogen) atoms. The lowest BCUT2D eigenvalue weighted by molar-refractivity contribution is 0.196. The van der Waals surface area contributed by atoms with Crippen LogP contribution < -0.4 is 15.4 Å². The van der Waals surface area contributed by atoms with Crippen molar-refractivity contribution in [2.45, 2.75) is 19.8 Å². The third-order valence-electron chi connectivity index (χ3n) is 3.93. The van der Waals surface area contributed by atoms with Gasteiger partial charge in [0.25, 0.3) is 0 Å². The molecule has 1 aliphatic rings. The molecule has 0 radical (unpaired) electrons. The van der Waals surface area contributed by atoms with Crippen molar-refractivity contribution in [1.29, 1.82) is 0 Å². The number of amides is 2. The van der Waals surface area contributed by atoms with Crippen molar-refractivity contribution in [3.05, 3.63) is 24.3 Å². The number of rotatable bonds is 5. The Balaban J connectivity index is 1.92. The number of carbonyl (C=O) groups excluding carboxylic acids is 1. The highest BCUT2D eigenvalue weighted by atomic mass is 16.5. The number of hydrogen-bond acceptors (Lipinski definition) is 3. The van der Waals surface area contributed by atoms with E-state index >= 15 is 0 Å². The molecule has 0 atom stereocenters. The summed E-state index contributed by atoms with van der Waals surface area (Å²) in [6.45, 7) is 5.68. The Labute approximate surface area is 126 Å². The summed E-state index contributed by atoms with van der Waals surface area (Å²) in [6.07, 6.45) is 2.28. The summed E-state index contributed by atoms with van der Waals surface area (Å²) in [5.74, 6) is 1.34. The van der Waals surface area contributed by atoms with Gasteiger partial charge in [-0.25, -0.2) is 4.79 Å². The van der Waals surface area contributed by atoms with E-state index in [1.54, 1.807) is 7.11 Å². The molecule has 5 heteroatoms. The number of methoxy groups -OCH3 is 1. The average Bonchev–Trinajstić information content (AvgIpc) is 2.53. The summed E-state index contributed by atoms with van der Waals surface area (Å²) in [6, 6.07) is 7.40. The Morgan fingerprint density at radius 1 is 1.43 bits per heavy atom. The van der Waals surface area contributed by atoms with E-state index in [9.17, 15) is 4.79 Å². The molecule has 1 aromatic carbocycles. The minimum Gasteiger partial charge on any atom is -0.497 e. The molecule has 1 saturated heterocycles. The van der Waals surface area contributed by atoms with E-state index in [4.69, 9.17) is 4.74 Å². The standard InChI is InChI=1S/C16H25N3O2/c1-3-19(12-13-7-9-17-10-8-13)16(20)18-14-5-4-6-15(11-14)21-2/h4-6,11,13,17H,3,7-10,12H2,1-2H3,(H,18,20). The second-order valence-corrected chi connectivity index (χ2v) is 5.39. The van der Waals surface area contributed by atoms with Crippen LogP contribution in [-0.4, -0.2) is 44.2 Å². The average molecular weight is 291 g/mol. The minimum absolute atomic E-state index is 0.0377. The van der Waals surface area contributed by atoms with Crippen molar-refractivity contribution in [3.63, 3.8) is 0 Å². The SMILES string of the molecule is CCN(CC1CCNCC1)C(=O)Nc1cccc(OC)c1. The molecule has 116 valence electrons. The third kappa shape index (κ3) is 4.63. The van der Waals surface area contributed by atoms with Gasteiger partial charge in [0.15, 0.2) is 0 Å². The van der Waals surface area contributed by atoms with E-state index in [1.807, 2.05) is 36.1 Å². The molecule has 1 fully saturated rings. The molecule has 5 nitrogen and oxygen atoms in total. The van der Waals surface area contributed by atoms with Crippen LogP contribution >= 0.6 is 0 Å². The zero-order valence-electron chi connectivity index (χ0n) is 12.9. The van der Waals surface area contributed by atoms with Crippen LogP contribution in [0, 0.1) is 5.92 Å². The highest BCUT2D eigenvalue weighted by Crippen LogP contribution is 2.18. The van der Waals surface area contributed by atoms with Crippen molar-refractivity contribution in [1.82, 2.24) is 10.2 Å². The molecule has 0 aliphatic carbocycles. The van der Waals surface area contributed by atoms with Gasteiger partial charge in [-0.3, -0.25) is 0 Å². The first-order chi connectivity index (χ1) is 10.2. The van der Waals surface area contributed by atoms with Gasteiger partial charge in [0.2, 0.25) is 0 Å². The number of hydrogen-bond donors (Lipinski definition) is 2. The molecule has 0 aromatic heterocycles. The number of anilines is 1. The van der Waals surface area contributed by atoms with Gasteiger partial charge in [0.1, 0.15) is 5.75 Å². The Bertz CT molecular complexity index is 459. The molecule has 0 saturated carbocycles.